The van der Waals surface area contributed by atoms with Gasteiger partial charge in [-0.15, -0.1) is 10.2 Å². The molecule has 0 atom stereocenters. The third-order valence-corrected chi connectivity index (χ3v) is 1.42. The predicted molar refractivity (Wildman–Crippen MR) is 33.7 cm³/mol. The minimum absolute atomic E-state index is 0.622. The Kier molecular flexibility index (Phi) is 2.47. The summed E-state index contributed by atoms with van der Waals surface area (Å²) in [5.74, 6) is 0. The Bertz CT molecular complexity index is 149. The summed E-state index contributed by atoms with van der Waals surface area (Å²) in [5.41, 5.74) is 0. The van der Waals surface area contributed by atoms with E-state index in [1.54, 1.807) is 0 Å². The lowest BCUT2D eigenvalue weighted by molar-refractivity contribution is 0.881. The second-order valence-electron chi connectivity index (χ2n) is 1.29. The first-order chi connectivity index (χ1) is 4.43. The van der Waals surface area contributed by atoms with Crippen LogP contribution in [0.4, 0.5) is 0 Å². The topological polar surface area (TPSA) is 66.5 Å². The van der Waals surface area contributed by atoms with Crippen molar-refractivity contribution in [2.24, 2.45) is 0 Å². The second kappa shape index (κ2) is 3.41. The first kappa shape index (κ1) is 6.50. The summed E-state index contributed by atoms with van der Waals surface area (Å²) in [6.45, 7) is 2.90. The van der Waals surface area contributed by atoms with Gasteiger partial charge in [0.2, 0.25) is 5.16 Å². The molecule has 2 N–H and O–H groups in total. The summed E-state index contributed by atoms with van der Waals surface area (Å²) in [4.78, 5) is 0. The fourth-order valence-electron chi connectivity index (χ4n) is 0.333. The number of tetrazole rings is 1. The number of H-pyrrole nitrogens is 1. The molecule has 0 radical (unpaired) electrons. The van der Waals surface area contributed by atoms with Crippen LogP contribution in [0.5, 0.6) is 0 Å². The van der Waals surface area contributed by atoms with Crippen LogP contribution in [-0.4, -0.2) is 27.2 Å². The Balaban J connectivity index is 2.30. The van der Waals surface area contributed by atoms with E-state index in [4.69, 9.17) is 0 Å². The van der Waals surface area contributed by atoms with Crippen molar-refractivity contribution in [3.63, 3.8) is 0 Å². The maximum absolute atomic E-state index is 3.71. The van der Waals surface area contributed by atoms with Crippen molar-refractivity contribution in [1.82, 2.24) is 25.3 Å². The molecule has 0 aliphatic rings. The van der Waals surface area contributed by atoms with E-state index in [1.165, 1.54) is 11.9 Å². The van der Waals surface area contributed by atoms with E-state index in [9.17, 15) is 0 Å². The van der Waals surface area contributed by atoms with E-state index in [1.807, 2.05) is 6.92 Å². The molecule has 0 saturated heterocycles. The molecule has 5 nitrogen and oxygen atoms in total. The van der Waals surface area contributed by atoms with Crippen molar-refractivity contribution in [3.8, 4) is 0 Å². The first-order valence-corrected chi connectivity index (χ1v) is 3.38. The number of nitrogens with zero attached hydrogens (tertiary/aromatic N) is 3. The lowest BCUT2D eigenvalue weighted by Gasteiger charge is -1.90. The highest BCUT2D eigenvalue weighted by Crippen LogP contribution is 2.02. The fraction of sp³-hybridized carbons (Fsp3) is 0.667. The summed E-state index contributed by atoms with van der Waals surface area (Å²) in [6.07, 6.45) is 0. The van der Waals surface area contributed by atoms with Crippen LogP contribution < -0.4 is 4.72 Å². The van der Waals surface area contributed by atoms with Crippen molar-refractivity contribution in [3.05, 3.63) is 0 Å². The van der Waals surface area contributed by atoms with Crippen LogP contribution in [0.25, 0.3) is 0 Å². The Hall–Kier alpha value is -0.620. The Morgan fingerprint density at radius 3 is 3.22 bits per heavy atom. The molecule has 50 valence electrons. The van der Waals surface area contributed by atoms with Gasteiger partial charge < -0.3 is 0 Å². The fourth-order valence-corrected chi connectivity index (χ4v) is 0.774. The van der Waals surface area contributed by atoms with Crippen molar-refractivity contribution >= 4 is 11.9 Å². The van der Waals surface area contributed by atoms with Crippen molar-refractivity contribution in [2.45, 2.75) is 12.1 Å². The number of aromatic amines is 1. The molecule has 9 heavy (non-hydrogen) atoms. The standard InChI is InChI=1S/C3H7N5S/c1-2-4-9-3-5-7-8-6-3/h4H,2H2,1H3,(H,5,6,7,8). The summed E-state index contributed by atoms with van der Waals surface area (Å²) < 4.78 is 2.98. The van der Waals surface area contributed by atoms with E-state index in [0.717, 1.165) is 6.54 Å². The molecule has 1 heterocycles. The molecule has 0 spiro atoms. The van der Waals surface area contributed by atoms with E-state index in [2.05, 4.69) is 25.3 Å². The number of rotatable bonds is 3. The Morgan fingerprint density at radius 1 is 1.78 bits per heavy atom. The van der Waals surface area contributed by atoms with Crippen LogP contribution in [0.2, 0.25) is 0 Å². The molecule has 0 fully saturated rings. The van der Waals surface area contributed by atoms with Crippen LogP contribution in [0.3, 0.4) is 0 Å². The molecular weight excluding hydrogens is 138 g/mol. The van der Waals surface area contributed by atoms with Crippen LogP contribution in [0.15, 0.2) is 5.16 Å². The number of nitrogens with one attached hydrogen (secondary N) is 2. The molecule has 1 rings (SSSR count). The van der Waals surface area contributed by atoms with E-state index >= 15 is 0 Å². The minimum Gasteiger partial charge on any atom is -0.257 e. The average molecular weight is 145 g/mol. The molecule has 0 unspecified atom stereocenters. The van der Waals surface area contributed by atoms with Gasteiger partial charge in [-0.1, -0.05) is 6.92 Å². The summed E-state index contributed by atoms with van der Waals surface area (Å²) in [6, 6.07) is 0. The zero-order chi connectivity index (χ0) is 6.53. The van der Waals surface area contributed by atoms with Gasteiger partial charge in [0.15, 0.2) is 0 Å². The zero-order valence-corrected chi connectivity index (χ0v) is 5.77. The molecule has 0 amide bonds. The molecule has 1 aromatic rings. The van der Waals surface area contributed by atoms with Gasteiger partial charge in [-0.25, -0.2) is 0 Å². The highest BCUT2D eigenvalue weighted by molar-refractivity contribution is 7.97. The van der Waals surface area contributed by atoms with Gasteiger partial charge in [-0.2, -0.15) is 5.21 Å². The van der Waals surface area contributed by atoms with Gasteiger partial charge in [-0.05, 0) is 17.2 Å². The van der Waals surface area contributed by atoms with Gasteiger partial charge in [0, 0.05) is 6.54 Å². The van der Waals surface area contributed by atoms with E-state index in [0.29, 0.717) is 5.16 Å². The van der Waals surface area contributed by atoms with Gasteiger partial charge in [0.05, 0.1) is 0 Å². The van der Waals surface area contributed by atoms with Crippen LogP contribution >= 0.6 is 11.9 Å². The number of hydrogen-bond acceptors (Lipinski definition) is 5. The highest BCUT2D eigenvalue weighted by atomic mass is 32.2. The maximum atomic E-state index is 3.71. The van der Waals surface area contributed by atoms with Crippen molar-refractivity contribution < 1.29 is 0 Å². The summed E-state index contributed by atoms with van der Waals surface area (Å²) in [7, 11) is 0. The molecule has 1 aromatic heterocycles. The Morgan fingerprint density at radius 2 is 2.67 bits per heavy atom. The average Bonchev–Trinajstić information content (AvgIpc) is 2.34. The molecule has 0 aliphatic carbocycles. The molecule has 6 heteroatoms. The van der Waals surface area contributed by atoms with Crippen molar-refractivity contribution in [2.75, 3.05) is 6.54 Å². The lowest BCUT2D eigenvalue weighted by Crippen LogP contribution is -2.00. The van der Waals surface area contributed by atoms with Crippen LogP contribution in [-0.2, 0) is 0 Å². The maximum Gasteiger partial charge on any atom is 0.245 e. The summed E-state index contributed by atoms with van der Waals surface area (Å²) in [5, 5.41) is 13.8. The molecule has 0 aromatic carbocycles. The van der Waals surface area contributed by atoms with Crippen LogP contribution in [0, 0.1) is 0 Å². The third kappa shape index (κ3) is 1.98. The second-order valence-corrected chi connectivity index (χ2v) is 2.15. The Labute approximate surface area is 56.7 Å². The summed E-state index contributed by atoms with van der Waals surface area (Å²) >= 11 is 1.36. The predicted octanol–water partition coefficient (Wildman–Crippen LogP) is -0.184. The van der Waals surface area contributed by atoms with Gasteiger partial charge >= 0.3 is 0 Å². The van der Waals surface area contributed by atoms with Gasteiger partial charge in [0.1, 0.15) is 0 Å². The largest absolute Gasteiger partial charge is 0.257 e. The van der Waals surface area contributed by atoms with Gasteiger partial charge in [-0.3, -0.25) is 4.72 Å². The SMILES string of the molecule is CCNSc1nn[nH]n1. The first-order valence-electron chi connectivity index (χ1n) is 2.56. The molecule has 0 aliphatic heterocycles. The molecule has 0 saturated carbocycles. The third-order valence-electron chi connectivity index (χ3n) is 0.634. The van der Waals surface area contributed by atoms with E-state index in [-0.39, 0.29) is 0 Å². The zero-order valence-electron chi connectivity index (χ0n) is 4.96. The van der Waals surface area contributed by atoms with Gasteiger partial charge in [0.25, 0.3) is 0 Å². The molecule has 0 bridgehead atoms. The number of hydrogen-bond donors (Lipinski definition) is 2. The highest BCUT2D eigenvalue weighted by Gasteiger charge is 1.93. The van der Waals surface area contributed by atoms with E-state index < -0.39 is 0 Å². The lowest BCUT2D eigenvalue weighted by atomic mass is 10.8. The number of aromatic nitrogens is 4. The van der Waals surface area contributed by atoms with Crippen molar-refractivity contribution in [1.29, 1.82) is 0 Å². The molecular formula is C3H7N5S. The smallest absolute Gasteiger partial charge is 0.245 e. The minimum atomic E-state index is 0.622. The quantitative estimate of drug-likeness (QED) is 0.577. The van der Waals surface area contributed by atoms with Crippen LogP contribution in [0.1, 0.15) is 6.92 Å². The normalized spacial score (nSPS) is 9.89. The monoisotopic (exact) mass is 145 g/mol.